The van der Waals surface area contributed by atoms with Crippen LogP contribution in [0.25, 0.3) is 0 Å². The van der Waals surface area contributed by atoms with Crippen molar-refractivity contribution in [1.82, 2.24) is 0 Å². The van der Waals surface area contributed by atoms with E-state index in [-0.39, 0.29) is 12.2 Å². The van der Waals surface area contributed by atoms with Gasteiger partial charge in [0.1, 0.15) is 0 Å². The highest BCUT2D eigenvalue weighted by Gasteiger charge is 2.21. The molecule has 0 aliphatic heterocycles. The van der Waals surface area contributed by atoms with E-state index >= 15 is 0 Å². The van der Waals surface area contributed by atoms with Gasteiger partial charge in [-0.15, -0.1) is 0 Å². The fraction of sp³-hybridized carbons (Fsp3) is 0.308. The number of carbonyl (C=O) groups is 1. The average molecular weight is 204 g/mol. The molecule has 0 saturated carbocycles. The largest absolute Gasteiger partial charge is 0.386 e. The van der Waals surface area contributed by atoms with Crippen LogP contribution in [0.2, 0.25) is 0 Å². The molecule has 2 nitrogen and oxygen atoms in total. The van der Waals surface area contributed by atoms with E-state index < -0.39 is 5.60 Å². The maximum atomic E-state index is 11.7. The van der Waals surface area contributed by atoms with E-state index in [4.69, 9.17) is 0 Å². The minimum atomic E-state index is -1.05. The minimum absolute atomic E-state index is 0.0429. The number of hydrogen-bond acceptors (Lipinski definition) is 2. The lowest BCUT2D eigenvalue weighted by atomic mass is 9.95. The summed E-state index contributed by atoms with van der Waals surface area (Å²) in [5.74, 6) is -0.0429. The van der Waals surface area contributed by atoms with Crippen LogP contribution in [0.15, 0.2) is 42.5 Å². The smallest absolute Gasteiger partial charge is 0.166 e. The maximum Gasteiger partial charge on any atom is 0.166 e. The summed E-state index contributed by atoms with van der Waals surface area (Å²) in [5.41, 5.74) is -0.413. The van der Waals surface area contributed by atoms with Crippen molar-refractivity contribution in [2.24, 2.45) is 0 Å². The number of Topliss-reactive ketones (excluding diaryl/α,β-unsaturated/α-hetero) is 1. The van der Waals surface area contributed by atoms with Crippen LogP contribution < -0.4 is 0 Å². The third-order valence-corrected chi connectivity index (χ3v) is 2.14. The van der Waals surface area contributed by atoms with Crippen LogP contribution in [-0.2, 0) is 0 Å². The first-order valence-electron chi connectivity index (χ1n) is 4.99. The van der Waals surface area contributed by atoms with Crippen LogP contribution in [0.5, 0.6) is 0 Å². The second-order valence-corrected chi connectivity index (χ2v) is 3.82. The van der Waals surface area contributed by atoms with Gasteiger partial charge in [0, 0.05) is 12.0 Å². The fourth-order valence-corrected chi connectivity index (χ4v) is 1.47. The normalized spacial score (nSPS) is 15.1. The molecule has 0 aliphatic rings. The van der Waals surface area contributed by atoms with Crippen molar-refractivity contribution >= 4 is 5.78 Å². The molecular formula is C13H16O2. The summed E-state index contributed by atoms with van der Waals surface area (Å²) in [7, 11) is 0. The minimum Gasteiger partial charge on any atom is -0.386 e. The van der Waals surface area contributed by atoms with Gasteiger partial charge in [0.25, 0.3) is 0 Å². The number of rotatable bonds is 4. The van der Waals surface area contributed by atoms with Crippen molar-refractivity contribution in [2.75, 3.05) is 0 Å². The summed E-state index contributed by atoms with van der Waals surface area (Å²) >= 11 is 0. The van der Waals surface area contributed by atoms with Gasteiger partial charge < -0.3 is 5.11 Å². The fourth-order valence-electron chi connectivity index (χ4n) is 1.47. The summed E-state index contributed by atoms with van der Waals surface area (Å²) in [6.07, 6.45) is 3.49. The summed E-state index contributed by atoms with van der Waals surface area (Å²) in [5, 5.41) is 9.84. The van der Waals surface area contributed by atoms with E-state index in [9.17, 15) is 9.90 Å². The molecule has 0 fully saturated rings. The van der Waals surface area contributed by atoms with Gasteiger partial charge in [-0.1, -0.05) is 42.5 Å². The van der Waals surface area contributed by atoms with Crippen LogP contribution in [0.1, 0.15) is 30.6 Å². The number of allylic oxidation sites excluding steroid dienone is 1. The lowest BCUT2D eigenvalue weighted by molar-refractivity contribution is 0.0734. The van der Waals surface area contributed by atoms with Crippen LogP contribution in [0.3, 0.4) is 0 Å². The van der Waals surface area contributed by atoms with E-state index in [1.54, 1.807) is 31.2 Å². The van der Waals surface area contributed by atoms with Crippen LogP contribution >= 0.6 is 0 Å². The van der Waals surface area contributed by atoms with Gasteiger partial charge in [-0.3, -0.25) is 4.79 Å². The third kappa shape index (κ3) is 3.68. The van der Waals surface area contributed by atoms with Crippen molar-refractivity contribution in [3.63, 3.8) is 0 Å². The van der Waals surface area contributed by atoms with E-state index in [1.165, 1.54) is 0 Å². The molecule has 0 aromatic heterocycles. The standard InChI is InChI=1S/C13H16O2/c1-3-9-13(2,15)10-12(14)11-7-5-4-6-8-11/h3-9,15H,10H2,1-2H3/b9-3+/t13-/m0/s1. The average Bonchev–Trinajstić information content (AvgIpc) is 2.18. The molecule has 0 bridgehead atoms. The maximum absolute atomic E-state index is 11.7. The van der Waals surface area contributed by atoms with Gasteiger partial charge in [-0.2, -0.15) is 0 Å². The first kappa shape index (κ1) is 11.7. The van der Waals surface area contributed by atoms with Crippen molar-refractivity contribution in [2.45, 2.75) is 25.9 Å². The van der Waals surface area contributed by atoms with Gasteiger partial charge in [0.15, 0.2) is 5.78 Å². The Labute approximate surface area is 90.3 Å². The molecule has 1 rings (SSSR count). The van der Waals surface area contributed by atoms with E-state index in [0.717, 1.165) is 0 Å². The van der Waals surface area contributed by atoms with Gasteiger partial charge in [0.2, 0.25) is 0 Å². The summed E-state index contributed by atoms with van der Waals surface area (Å²) in [6.45, 7) is 3.45. The molecule has 1 atom stereocenters. The molecule has 0 amide bonds. The zero-order valence-corrected chi connectivity index (χ0v) is 9.10. The molecule has 0 saturated heterocycles. The third-order valence-electron chi connectivity index (χ3n) is 2.14. The Morgan fingerprint density at radius 2 is 2.00 bits per heavy atom. The molecule has 1 aromatic rings. The molecular weight excluding hydrogens is 188 g/mol. The predicted octanol–water partition coefficient (Wildman–Crippen LogP) is 2.59. The van der Waals surface area contributed by atoms with E-state index in [0.29, 0.717) is 5.56 Å². The SMILES string of the molecule is C/C=C/[C@](C)(O)CC(=O)c1ccccc1. The van der Waals surface area contributed by atoms with Gasteiger partial charge in [-0.05, 0) is 13.8 Å². The molecule has 1 N–H and O–H groups in total. The summed E-state index contributed by atoms with van der Waals surface area (Å²) in [4.78, 5) is 11.7. The monoisotopic (exact) mass is 204 g/mol. The molecule has 80 valence electrons. The Morgan fingerprint density at radius 3 is 2.53 bits per heavy atom. The highest BCUT2D eigenvalue weighted by Crippen LogP contribution is 2.15. The Hall–Kier alpha value is -1.41. The number of hydrogen-bond donors (Lipinski definition) is 1. The van der Waals surface area contributed by atoms with Crippen LogP contribution in [0, 0.1) is 0 Å². The zero-order valence-electron chi connectivity index (χ0n) is 9.10. The molecule has 0 spiro atoms. The van der Waals surface area contributed by atoms with E-state index in [1.807, 2.05) is 25.1 Å². The quantitative estimate of drug-likeness (QED) is 0.604. The predicted molar refractivity (Wildman–Crippen MR) is 60.8 cm³/mol. The van der Waals surface area contributed by atoms with Crippen molar-refractivity contribution in [1.29, 1.82) is 0 Å². The first-order valence-corrected chi connectivity index (χ1v) is 4.99. The molecule has 0 aliphatic carbocycles. The van der Waals surface area contributed by atoms with E-state index in [2.05, 4.69) is 0 Å². The molecule has 0 radical (unpaired) electrons. The second-order valence-electron chi connectivity index (χ2n) is 3.82. The van der Waals surface area contributed by atoms with Crippen molar-refractivity contribution < 1.29 is 9.90 Å². The van der Waals surface area contributed by atoms with Crippen LogP contribution in [-0.4, -0.2) is 16.5 Å². The first-order chi connectivity index (χ1) is 7.05. The second kappa shape index (κ2) is 4.89. The Bertz CT molecular complexity index is 350. The Morgan fingerprint density at radius 1 is 1.40 bits per heavy atom. The molecule has 0 heterocycles. The highest BCUT2D eigenvalue weighted by molar-refractivity contribution is 5.96. The highest BCUT2D eigenvalue weighted by atomic mass is 16.3. The number of ketones is 1. The zero-order chi connectivity index (χ0) is 11.3. The Balaban J connectivity index is 2.72. The Kier molecular flexibility index (Phi) is 3.81. The lowest BCUT2D eigenvalue weighted by Gasteiger charge is -2.17. The topological polar surface area (TPSA) is 37.3 Å². The van der Waals surface area contributed by atoms with Crippen molar-refractivity contribution in [3.8, 4) is 0 Å². The van der Waals surface area contributed by atoms with Crippen LogP contribution in [0.4, 0.5) is 0 Å². The molecule has 1 aromatic carbocycles. The number of benzene rings is 1. The van der Waals surface area contributed by atoms with Gasteiger partial charge in [-0.25, -0.2) is 0 Å². The molecule has 2 heteroatoms. The lowest BCUT2D eigenvalue weighted by Crippen LogP contribution is -2.25. The van der Waals surface area contributed by atoms with Gasteiger partial charge in [0.05, 0.1) is 5.60 Å². The summed E-state index contributed by atoms with van der Waals surface area (Å²) < 4.78 is 0. The molecule has 0 unspecified atom stereocenters. The molecule has 15 heavy (non-hydrogen) atoms. The number of aliphatic hydroxyl groups is 1. The summed E-state index contributed by atoms with van der Waals surface area (Å²) in [6, 6.07) is 9.01. The number of carbonyl (C=O) groups excluding carboxylic acids is 1. The van der Waals surface area contributed by atoms with Gasteiger partial charge >= 0.3 is 0 Å². The van der Waals surface area contributed by atoms with Crippen molar-refractivity contribution in [3.05, 3.63) is 48.0 Å².